The molecule has 1 aliphatic heterocycles. The van der Waals surface area contributed by atoms with E-state index in [1.165, 1.54) is 10.9 Å². The number of hydrogen-bond donors (Lipinski definition) is 4. The predicted molar refractivity (Wildman–Crippen MR) is 62.7 cm³/mol. The Hall–Kier alpha value is -1.88. The Bertz CT molecular complexity index is 650. The number of nitrogens with zero attached hydrogens (tertiary/aromatic N) is 4. The number of ether oxygens (including phenoxy) is 1. The van der Waals surface area contributed by atoms with Crippen molar-refractivity contribution in [3.63, 3.8) is 0 Å². The van der Waals surface area contributed by atoms with Crippen LogP contribution in [0.15, 0.2) is 6.33 Å². The van der Waals surface area contributed by atoms with Crippen molar-refractivity contribution in [2.75, 3.05) is 12.3 Å². The number of halogens is 1. The number of aliphatic hydroxyl groups is 3. The Kier molecular flexibility index (Phi) is 3.01. The molecule has 10 heteroatoms. The fraction of sp³-hybridized carbons (Fsp3) is 0.500. The van der Waals surface area contributed by atoms with E-state index in [1.807, 2.05) is 0 Å². The highest BCUT2D eigenvalue weighted by Crippen LogP contribution is 2.31. The maximum absolute atomic E-state index is 13.2. The van der Waals surface area contributed by atoms with E-state index in [2.05, 4.69) is 15.0 Å². The topological polar surface area (TPSA) is 140 Å². The van der Waals surface area contributed by atoms with Crippen molar-refractivity contribution in [1.29, 1.82) is 0 Å². The molecular weight excluding hydrogens is 273 g/mol. The molecule has 0 amide bonds. The molecule has 1 fully saturated rings. The van der Waals surface area contributed by atoms with Crippen LogP contribution >= 0.6 is 0 Å². The zero-order valence-electron chi connectivity index (χ0n) is 10.1. The van der Waals surface area contributed by atoms with Crippen molar-refractivity contribution >= 4 is 17.0 Å². The smallest absolute Gasteiger partial charge is 0.312 e. The summed E-state index contributed by atoms with van der Waals surface area (Å²) in [6.07, 6.45) is -4.38. The molecule has 1 aliphatic rings. The first-order valence-electron chi connectivity index (χ1n) is 5.81. The summed E-state index contributed by atoms with van der Waals surface area (Å²) in [5, 5.41) is 28.7. The number of fused-ring (bicyclic) bond motifs is 1. The van der Waals surface area contributed by atoms with Crippen LogP contribution in [-0.4, -0.2) is 59.8 Å². The molecule has 3 rings (SSSR count). The van der Waals surface area contributed by atoms with Crippen LogP contribution in [0.4, 0.5) is 10.2 Å². The summed E-state index contributed by atoms with van der Waals surface area (Å²) in [6.45, 7) is -0.465. The molecule has 108 valence electrons. The Morgan fingerprint density at radius 1 is 1.35 bits per heavy atom. The van der Waals surface area contributed by atoms with Crippen LogP contribution in [0.1, 0.15) is 6.23 Å². The van der Waals surface area contributed by atoms with Gasteiger partial charge in [-0.15, -0.1) is 0 Å². The van der Waals surface area contributed by atoms with E-state index in [-0.39, 0.29) is 17.0 Å². The van der Waals surface area contributed by atoms with Gasteiger partial charge in [-0.2, -0.15) is 14.4 Å². The fourth-order valence-electron chi connectivity index (χ4n) is 2.21. The molecule has 4 atom stereocenters. The first-order chi connectivity index (χ1) is 9.52. The first kappa shape index (κ1) is 13.1. The second kappa shape index (κ2) is 4.59. The van der Waals surface area contributed by atoms with Gasteiger partial charge < -0.3 is 25.8 Å². The van der Waals surface area contributed by atoms with Crippen LogP contribution in [-0.2, 0) is 4.74 Å². The average Bonchev–Trinajstić information content (AvgIpc) is 2.93. The van der Waals surface area contributed by atoms with Gasteiger partial charge in [0.05, 0.1) is 12.9 Å². The van der Waals surface area contributed by atoms with E-state index in [0.29, 0.717) is 0 Å². The van der Waals surface area contributed by atoms with Gasteiger partial charge in [0.25, 0.3) is 0 Å². The molecule has 3 heterocycles. The van der Waals surface area contributed by atoms with E-state index in [4.69, 9.17) is 15.6 Å². The number of nitrogen functional groups attached to an aromatic ring is 1. The molecule has 5 N–H and O–H groups in total. The van der Waals surface area contributed by atoms with Gasteiger partial charge in [0.1, 0.15) is 18.3 Å². The van der Waals surface area contributed by atoms with Crippen molar-refractivity contribution in [3.8, 4) is 0 Å². The molecule has 0 bridgehead atoms. The Morgan fingerprint density at radius 2 is 2.10 bits per heavy atom. The number of aliphatic hydroxyl groups excluding tert-OH is 3. The summed E-state index contributed by atoms with van der Waals surface area (Å²) >= 11 is 0. The highest BCUT2D eigenvalue weighted by molar-refractivity contribution is 5.81. The molecule has 1 saturated heterocycles. The van der Waals surface area contributed by atoms with Gasteiger partial charge in [-0.05, 0) is 0 Å². The molecule has 9 nitrogen and oxygen atoms in total. The van der Waals surface area contributed by atoms with E-state index in [0.717, 1.165) is 0 Å². The fourth-order valence-corrected chi connectivity index (χ4v) is 2.21. The zero-order chi connectivity index (χ0) is 14.4. The number of hydrogen-bond acceptors (Lipinski definition) is 8. The van der Waals surface area contributed by atoms with Crippen LogP contribution in [0.5, 0.6) is 0 Å². The number of anilines is 1. The van der Waals surface area contributed by atoms with Gasteiger partial charge >= 0.3 is 6.08 Å². The third-order valence-electron chi connectivity index (χ3n) is 3.21. The van der Waals surface area contributed by atoms with E-state index < -0.39 is 37.2 Å². The summed E-state index contributed by atoms with van der Waals surface area (Å²) in [5.74, 6) is -0.141. The highest BCUT2D eigenvalue weighted by Gasteiger charge is 2.44. The molecule has 0 unspecified atom stereocenters. The first-order valence-corrected chi connectivity index (χ1v) is 5.81. The Labute approximate surface area is 111 Å². The lowest BCUT2D eigenvalue weighted by Gasteiger charge is -2.16. The van der Waals surface area contributed by atoms with Crippen LogP contribution in [0, 0.1) is 6.08 Å². The minimum absolute atomic E-state index is 0.0323. The second-order valence-electron chi connectivity index (χ2n) is 4.43. The maximum atomic E-state index is 13.2. The molecule has 2 aromatic rings. The van der Waals surface area contributed by atoms with E-state index in [1.54, 1.807) is 0 Å². The number of aromatic nitrogens is 4. The molecule has 0 aliphatic carbocycles. The van der Waals surface area contributed by atoms with Gasteiger partial charge in [-0.25, -0.2) is 4.98 Å². The molecule has 0 aromatic carbocycles. The van der Waals surface area contributed by atoms with Crippen LogP contribution in [0.25, 0.3) is 11.2 Å². The predicted octanol–water partition coefficient (Wildman–Crippen LogP) is -1.84. The number of imidazole rings is 1. The maximum Gasteiger partial charge on any atom is 0.312 e. The minimum atomic E-state index is -1.32. The molecule has 2 aromatic heterocycles. The second-order valence-corrected chi connectivity index (χ2v) is 4.43. The Balaban J connectivity index is 2.07. The van der Waals surface area contributed by atoms with E-state index in [9.17, 15) is 14.6 Å². The monoisotopic (exact) mass is 285 g/mol. The average molecular weight is 285 g/mol. The number of rotatable bonds is 2. The van der Waals surface area contributed by atoms with Gasteiger partial charge in [0.15, 0.2) is 23.2 Å². The van der Waals surface area contributed by atoms with Gasteiger partial charge in [-0.3, -0.25) is 4.57 Å². The minimum Gasteiger partial charge on any atom is -0.394 e. The molecular formula is C10H12FN5O4. The highest BCUT2D eigenvalue weighted by atomic mass is 19.1. The summed E-state index contributed by atoms with van der Waals surface area (Å²) in [6, 6.07) is 0. The van der Waals surface area contributed by atoms with Crippen molar-refractivity contribution in [3.05, 3.63) is 12.4 Å². The zero-order valence-corrected chi connectivity index (χ0v) is 10.1. The Morgan fingerprint density at radius 3 is 2.75 bits per heavy atom. The third kappa shape index (κ3) is 1.81. The lowest BCUT2D eigenvalue weighted by Crippen LogP contribution is -2.33. The van der Waals surface area contributed by atoms with Gasteiger partial charge in [0.2, 0.25) is 0 Å². The van der Waals surface area contributed by atoms with E-state index >= 15 is 0 Å². The lowest BCUT2D eigenvalue weighted by atomic mass is 10.1. The van der Waals surface area contributed by atoms with Crippen LogP contribution in [0.3, 0.4) is 0 Å². The number of nitrogens with two attached hydrogens (primary N) is 1. The van der Waals surface area contributed by atoms with Crippen molar-refractivity contribution < 1.29 is 24.4 Å². The quantitative estimate of drug-likeness (QED) is 0.472. The summed E-state index contributed by atoms with van der Waals surface area (Å²) in [5.41, 5.74) is 5.71. The van der Waals surface area contributed by atoms with Crippen molar-refractivity contribution in [2.24, 2.45) is 0 Å². The molecule has 20 heavy (non-hydrogen) atoms. The van der Waals surface area contributed by atoms with Crippen LogP contribution in [0.2, 0.25) is 0 Å². The normalized spacial score (nSPS) is 30.2. The molecule has 0 radical (unpaired) electrons. The standard InChI is InChI=1S/C10H12FN5O4/c11-10-14-7(12)4-8(15-10)16(2-13-4)9-6(19)5(18)3(1-17)20-9/h2-3,5-6,9,17-19H,1H2,(H2,12,14,15)/t3-,5+,6+,9-/m0/s1. The van der Waals surface area contributed by atoms with Crippen molar-refractivity contribution in [1.82, 2.24) is 19.5 Å². The third-order valence-corrected chi connectivity index (χ3v) is 3.21. The summed E-state index contributed by atoms with van der Waals surface area (Å²) in [4.78, 5) is 10.8. The lowest BCUT2D eigenvalue weighted by molar-refractivity contribution is -0.0511. The summed E-state index contributed by atoms with van der Waals surface area (Å²) in [7, 11) is 0. The molecule has 0 saturated carbocycles. The van der Waals surface area contributed by atoms with Gasteiger partial charge in [0, 0.05) is 0 Å². The van der Waals surface area contributed by atoms with Crippen LogP contribution < -0.4 is 5.73 Å². The SMILES string of the molecule is Nc1nc(F)nc2c1ncn2[C@H]1O[C@@H](CO)[C@@H](O)[C@H]1O. The molecule has 0 spiro atoms. The van der Waals surface area contributed by atoms with Gasteiger partial charge in [-0.1, -0.05) is 0 Å². The summed E-state index contributed by atoms with van der Waals surface area (Å²) < 4.78 is 19.8. The van der Waals surface area contributed by atoms with Crippen molar-refractivity contribution in [2.45, 2.75) is 24.5 Å². The largest absolute Gasteiger partial charge is 0.394 e.